The second kappa shape index (κ2) is 11.8. The third-order valence-electron chi connectivity index (χ3n) is 4.44. The van der Waals surface area contributed by atoms with Crippen molar-refractivity contribution in [3.05, 3.63) is 46.2 Å². The van der Waals surface area contributed by atoms with Gasteiger partial charge in [0, 0.05) is 37.2 Å². The lowest BCUT2D eigenvalue weighted by Crippen LogP contribution is -2.49. The fraction of sp³-hybridized carbons (Fsp3) is 0.450. The van der Waals surface area contributed by atoms with Crippen LogP contribution in [0.2, 0.25) is 0 Å². The summed E-state index contributed by atoms with van der Waals surface area (Å²) in [7, 11) is 2.98. The SMILES string of the molecule is COCCN(Cc1cc(=O)[nH]c2ccccc12)C(=S)N[C@H](CCSC)C(=O)OC. The molecule has 0 saturated heterocycles. The van der Waals surface area contributed by atoms with Crippen LogP contribution in [0, 0.1) is 0 Å². The summed E-state index contributed by atoms with van der Waals surface area (Å²) in [6.07, 6.45) is 2.58. The summed E-state index contributed by atoms with van der Waals surface area (Å²) in [5.41, 5.74) is 1.45. The number of methoxy groups -OCH3 is 2. The highest BCUT2D eigenvalue weighted by atomic mass is 32.2. The monoisotopic (exact) mass is 437 g/mol. The quantitative estimate of drug-likeness (QED) is 0.432. The highest BCUT2D eigenvalue weighted by Gasteiger charge is 2.22. The lowest BCUT2D eigenvalue weighted by Gasteiger charge is -2.28. The summed E-state index contributed by atoms with van der Waals surface area (Å²) in [5.74, 6) is 0.446. The second-order valence-electron chi connectivity index (χ2n) is 6.43. The molecule has 0 aliphatic carbocycles. The number of thioether (sulfide) groups is 1. The molecule has 1 aromatic carbocycles. The number of benzene rings is 1. The number of nitrogens with one attached hydrogen (secondary N) is 2. The minimum absolute atomic E-state index is 0.170. The average molecular weight is 438 g/mol. The molecular weight excluding hydrogens is 410 g/mol. The maximum absolute atomic E-state index is 12.1. The minimum Gasteiger partial charge on any atom is -0.467 e. The van der Waals surface area contributed by atoms with Crippen molar-refractivity contribution in [2.75, 3.05) is 39.4 Å². The van der Waals surface area contributed by atoms with Crippen LogP contribution < -0.4 is 10.9 Å². The van der Waals surface area contributed by atoms with E-state index in [1.807, 2.05) is 35.4 Å². The zero-order chi connectivity index (χ0) is 21.2. The van der Waals surface area contributed by atoms with Gasteiger partial charge < -0.3 is 24.7 Å². The number of pyridine rings is 1. The van der Waals surface area contributed by atoms with E-state index in [9.17, 15) is 9.59 Å². The van der Waals surface area contributed by atoms with Crippen molar-refractivity contribution in [2.45, 2.75) is 19.0 Å². The first-order valence-electron chi connectivity index (χ1n) is 9.22. The van der Waals surface area contributed by atoms with Crippen LogP contribution >= 0.6 is 24.0 Å². The van der Waals surface area contributed by atoms with Gasteiger partial charge in [-0.1, -0.05) is 18.2 Å². The first-order valence-corrected chi connectivity index (χ1v) is 11.0. The van der Waals surface area contributed by atoms with Gasteiger partial charge in [-0.3, -0.25) is 4.79 Å². The van der Waals surface area contributed by atoms with Crippen molar-refractivity contribution < 1.29 is 14.3 Å². The molecule has 0 bridgehead atoms. The molecule has 0 amide bonds. The molecule has 2 rings (SSSR count). The Kier molecular flexibility index (Phi) is 9.43. The highest BCUT2D eigenvalue weighted by Crippen LogP contribution is 2.17. The molecular formula is C20H27N3O4S2. The van der Waals surface area contributed by atoms with Crippen LogP contribution in [0.25, 0.3) is 10.9 Å². The van der Waals surface area contributed by atoms with Gasteiger partial charge in [-0.2, -0.15) is 11.8 Å². The molecule has 9 heteroatoms. The molecule has 0 fully saturated rings. The molecule has 0 aliphatic heterocycles. The van der Waals surface area contributed by atoms with Crippen molar-refractivity contribution in [3.8, 4) is 0 Å². The van der Waals surface area contributed by atoms with Crippen LogP contribution in [0.15, 0.2) is 35.1 Å². The Balaban J connectivity index is 2.25. The molecule has 0 unspecified atom stereocenters. The Morgan fingerprint density at radius 1 is 1.34 bits per heavy atom. The Bertz CT molecular complexity index is 887. The number of aromatic amines is 1. The number of H-pyrrole nitrogens is 1. The van der Waals surface area contributed by atoms with Gasteiger partial charge in [0.05, 0.1) is 13.7 Å². The third-order valence-corrected chi connectivity index (χ3v) is 5.46. The van der Waals surface area contributed by atoms with E-state index in [2.05, 4.69) is 10.3 Å². The van der Waals surface area contributed by atoms with Crippen LogP contribution in [0.5, 0.6) is 0 Å². The zero-order valence-electron chi connectivity index (χ0n) is 16.9. The van der Waals surface area contributed by atoms with Gasteiger partial charge in [-0.25, -0.2) is 4.79 Å². The standard InChI is InChI=1S/C20H27N3O4S2/c1-26-10-9-23(20(28)22-17(8-11-29-3)19(25)27-2)13-14-12-18(24)21-16-7-5-4-6-15(14)16/h4-7,12,17H,8-11,13H2,1-3H3,(H,21,24)(H,22,28)/t17-/m1/s1. The normalized spacial score (nSPS) is 11.8. The summed E-state index contributed by atoms with van der Waals surface area (Å²) in [6, 6.07) is 8.68. The van der Waals surface area contributed by atoms with Gasteiger partial charge in [-0.15, -0.1) is 0 Å². The van der Waals surface area contributed by atoms with E-state index in [4.69, 9.17) is 21.7 Å². The topological polar surface area (TPSA) is 83.7 Å². The number of carbonyl (C=O) groups excluding carboxylic acids is 1. The number of para-hydroxylation sites is 1. The molecule has 0 spiro atoms. The van der Waals surface area contributed by atoms with E-state index >= 15 is 0 Å². The number of thiocarbonyl (C=S) groups is 1. The fourth-order valence-electron chi connectivity index (χ4n) is 2.93. The number of rotatable bonds is 10. The predicted octanol–water partition coefficient (Wildman–Crippen LogP) is 2.15. The molecule has 1 aromatic heterocycles. The first-order chi connectivity index (χ1) is 14.0. The van der Waals surface area contributed by atoms with Crippen LogP contribution in [0.1, 0.15) is 12.0 Å². The van der Waals surface area contributed by atoms with Gasteiger partial charge >= 0.3 is 5.97 Å². The summed E-state index contributed by atoms with van der Waals surface area (Å²) >= 11 is 7.25. The van der Waals surface area contributed by atoms with E-state index in [-0.39, 0.29) is 11.5 Å². The molecule has 0 radical (unpaired) electrons. The van der Waals surface area contributed by atoms with Crippen molar-refractivity contribution >= 4 is 46.0 Å². The Hall–Kier alpha value is -2.10. The number of aromatic nitrogens is 1. The predicted molar refractivity (Wildman–Crippen MR) is 121 cm³/mol. The smallest absolute Gasteiger partial charge is 0.328 e. The van der Waals surface area contributed by atoms with Gasteiger partial charge in [0.25, 0.3) is 0 Å². The fourth-order valence-corrected chi connectivity index (χ4v) is 3.70. The highest BCUT2D eigenvalue weighted by molar-refractivity contribution is 7.98. The van der Waals surface area contributed by atoms with Crippen molar-refractivity contribution in [1.82, 2.24) is 15.2 Å². The summed E-state index contributed by atoms with van der Waals surface area (Å²) in [5, 5.41) is 4.49. The average Bonchev–Trinajstić information content (AvgIpc) is 2.72. The number of nitrogens with zero attached hydrogens (tertiary/aromatic N) is 1. The molecule has 1 heterocycles. The van der Waals surface area contributed by atoms with Crippen LogP contribution in [-0.4, -0.2) is 66.4 Å². The first kappa shape index (κ1) is 23.2. The summed E-state index contributed by atoms with van der Waals surface area (Å²) in [4.78, 5) is 28.9. The number of hydrogen-bond donors (Lipinski definition) is 2. The Labute approximate surface area is 180 Å². The van der Waals surface area contributed by atoms with E-state index in [1.165, 1.54) is 7.11 Å². The second-order valence-corrected chi connectivity index (χ2v) is 7.80. The van der Waals surface area contributed by atoms with Crippen molar-refractivity contribution in [2.24, 2.45) is 0 Å². The molecule has 7 nitrogen and oxygen atoms in total. The largest absolute Gasteiger partial charge is 0.467 e. The van der Waals surface area contributed by atoms with E-state index < -0.39 is 6.04 Å². The maximum atomic E-state index is 12.1. The molecule has 29 heavy (non-hydrogen) atoms. The molecule has 158 valence electrons. The van der Waals surface area contributed by atoms with Crippen molar-refractivity contribution in [1.29, 1.82) is 0 Å². The number of hydrogen-bond acceptors (Lipinski definition) is 6. The zero-order valence-corrected chi connectivity index (χ0v) is 18.5. The number of fused-ring (bicyclic) bond motifs is 1. The number of ether oxygens (including phenoxy) is 2. The summed E-state index contributed by atoms with van der Waals surface area (Å²) < 4.78 is 10.1. The van der Waals surface area contributed by atoms with Gasteiger partial charge in [-0.05, 0) is 42.3 Å². The lowest BCUT2D eigenvalue weighted by atomic mass is 10.1. The Morgan fingerprint density at radius 3 is 2.79 bits per heavy atom. The molecule has 0 aliphatic rings. The summed E-state index contributed by atoms with van der Waals surface area (Å²) in [6.45, 7) is 1.38. The van der Waals surface area contributed by atoms with E-state index in [0.29, 0.717) is 31.2 Å². The van der Waals surface area contributed by atoms with Gasteiger partial charge in [0.15, 0.2) is 5.11 Å². The Morgan fingerprint density at radius 2 is 2.10 bits per heavy atom. The number of carbonyl (C=O) groups is 1. The van der Waals surface area contributed by atoms with Gasteiger partial charge in [0.2, 0.25) is 5.56 Å². The maximum Gasteiger partial charge on any atom is 0.328 e. The molecule has 2 aromatic rings. The van der Waals surface area contributed by atoms with Crippen LogP contribution in [-0.2, 0) is 20.8 Å². The third kappa shape index (κ3) is 6.73. The van der Waals surface area contributed by atoms with Crippen LogP contribution in [0.4, 0.5) is 0 Å². The van der Waals surface area contributed by atoms with E-state index in [1.54, 1.807) is 24.9 Å². The number of esters is 1. The lowest BCUT2D eigenvalue weighted by molar-refractivity contribution is -0.142. The van der Waals surface area contributed by atoms with Crippen molar-refractivity contribution in [3.63, 3.8) is 0 Å². The minimum atomic E-state index is -0.527. The molecule has 2 N–H and O–H groups in total. The van der Waals surface area contributed by atoms with Crippen LogP contribution in [0.3, 0.4) is 0 Å². The molecule has 0 saturated carbocycles. The van der Waals surface area contributed by atoms with E-state index in [0.717, 1.165) is 22.2 Å². The van der Waals surface area contributed by atoms with Gasteiger partial charge in [0.1, 0.15) is 6.04 Å². The molecule has 1 atom stereocenters.